The van der Waals surface area contributed by atoms with E-state index in [1.54, 1.807) is 4.90 Å². The van der Waals surface area contributed by atoms with Crippen LogP contribution in [0.25, 0.3) is 0 Å². The van der Waals surface area contributed by atoms with Gasteiger partial charge in [-0.3, -0.25) is 14.4 Å². The minimum atomic E-state index is -1.08. The summed E-state index contributed by atoms with van der Waals surface area (Å²) < 4.78 is 6.49. The number of likely N-dealkylation sites (tertiary alicyclic amines) is 1. The van der Waals surface area contributed by atoms with Crippen molar-refractivity contribution in [3.05, 3.63) is 71.8 Å². The highest BCUT2D eigenvalue weighted by atomic mass is 16.5. The van der Waals surface area contributed by atoms with Crippen molar-refractivity contribution in [3.8, 4) is 0 Å². The second-order valence-corrected chi connectivity index (χ2v) is 11.2. The predicted octanol–water partition coefficient (Wildman–Crippen LogP) is 2.40. The number of benzene rings is 2. The van der Waals surface area contributed by atoms with Gasteiger partial charge in [-0.25, -0.2) is 0 Å². The van der Waals surface area contributed by atoms with E-state index >= 15 is 0 Å². The van der Waals surface area contributed by atoms with Crippen molar-refractivity contribution < 1.29 is 24.2 Å². The van der Waals surface area contributed by atoms with Gasteiger partial charge in [0.1, 0.15) is 11.6 Å². The quantitative estimate of drug-likeness (QED) is 0.447. The summed E-state index contributed by atoms with van der Waals surface area (Å²) >= 11 is 0. The molecule has 1 spiro atoms. The van der Waals surface area contributed by atoms with Crippen molar-refractivity contribution in [2.45, 2.75) is 70.0 Å². The van der Waals surface area contributed by atoms with Gasteiger partial charge in [0.15, 0.2) is 0 Å². The summed E-state index contributed by atoms with van der Waals surface area (Å²) in [6.45, 7) is 4.46. The number of aliphatic hydroxyl groups is 1. The van der Waals surface area contributed by atoms with Crippen molar-refractivity contribution in [1.82, 2.24) is 15.5 Å². The largest absolute Gasteiger partial charge is 0.394 e. The van der Waals surface area contributed by atoms with E-state index in [2.05, 4.69) is 10.6 Å². The number of nitrogens with one attached hydrogen (secondary N) is 2. The van der Waals surface area contributed by atoms with Crippen LogP contribution < -0.4 is 10.6 Å². The van der Waals surface area contributed by atoms with Gasteiger partial charge in [-0.15, -0.1) is 0 Å². The first-order chi connectivity index (χ1) is 18.4. The van der Waals surface area contributed by atoms with Crippen LogP contribution in [0.3, 0.4) is 0 Å². The second kappa shape index (κ2) is 10.9. The standard InChI is InChI=1S/C30H37N3O5/c1-19(2)15-22(18-34)33-26(28(36)32-17-21-11-7-4-8-12-21)30-14-13-23(38-30)24(25(30)29(33)37)27(35)31-16-20-9-5-3-6-10-20/h3-12,19,22-26,34H,13-18H2,1-2H3,(H,31,35)(H,32,36)/t22-,23+,24-,25+,26?,30?/m1/s1. The minimum Gasteiger partial charge on any atom is -0.394 e. The van der Waals surface area contributed by atoms with Gasteiger partial charge in [0.2, 0.25) is 17.7 Å². The van der Waals surface area contributed by atoms with Crippen LogP contribution in [0, 0.1) is 17.8 Å². The molecular formula is C30H37N3O5. The van der Waals surface area contributed by atoms with Crippen LogP contribution in [-0.2, 0) is 32.2 Å². The number of hydrogen-bond donors (Lipinski definition) is 3. The number of nitrogens with zero attached hydrogens (tertiary/aromatic N) is 1. The molecule has 3 amide bonds. The van der Waals surface area contributed by atoms with E-state index in [1.165, 1.54) is 0 Å². The van der Waals surface area contributed by atoms with Crippen LogP contribution in [0.2, 0.25) is 0 Å². The maximum Gasteiger partial charge on any atom is 0.246 e. The number of ether oxygens (including phenoxy) is 1. The van der Waals surface area contributed by atoms with Crippen molar-refractivity contribution in [3.63, 3.8) is 0 Å². The van der Waals surface area contributed by atoms with E-state index < -0.39 is 35.6 Å². The topological polar surface area (TPSA) is 108 Å². The second-order valence-electron chi connectivity index (χ2n) is 11.2. The molecule has 0 saturated carbocycles. The third-order valence-electron chi connectivity index (χ3n) is 8.26. The molecular weight excluding hydrogens is 482 g/mol. The fourth-order valence-electron chi connectivity index (χ4n) is 6.69. The molecule has 6 atom stereocenters. The van der Waals surface area contributed by atoms with Crippen LogP contribution >= 0.6 is 0 Å². The van der Waals surface area contributed by atoms with Gasteiger partial charge in [0.25, 0.3) is 0 Å². The van der Waals surface area contributed by atoms with Crippen molar-refractivity contribution in [2.75, 3.05) is 6.61 Å². The van der Waals surface area contributed by atoms with E-state index in [1.807, 2.05) is 74.5 Å². The van der Waals surface area contributed by atoms with Crippen LogP contribution in [0.15, 0.2) is 60.7 Å². The summed E-state index contributed by atoms with van der Waals surface area (Å²) in [6, 6.07) is 17.8. The lowest BCUT2D eigenvalue weighted by molar-refractivity contribution is -0.146. The van der Waals surface area contributed by atoms with Gasteiger partial charge in [0.05, 0.1) is 30.6 Å². The predicted molar refractivity (Wildman–Crippen MR) is 141 cm³/mol. The molecule has 202 valence electrons. The Labute approximate surface area is 223 Å². The van der Waals surface area contributed by atoms with E-state index in [-0.39, 0.29) is 30.2 Å². The van der Waals surface area contributed by atoms with E-state index in [4.69, 9.17) is 4.74 Å². The number of fused-ring (bicyclic) bond motifs is 1. The molecule has 3 aliphatic rings. The molecule has 0 aromatic heterocycles. The first kappa shape index (κ1) is 26.4. The summed E-state index contributed by atoms with van der Waals surface area (Å²) in [4.78, 5) is 43.0. The Morgan fingerprint density at radius 3 is 2.13 bits per heavy atom. The Balaban J connectivity index is 1.43. The van der Waals surface area contributed by atoms with Gasteiger partial charge in [-0.05, 0) is 36.3 Å². The first-order valence-corrected chi connectivity index (χ1v) is 13.6. The van der Waals surface area contributed by atoms with Crippen molar-refractivity contribution in [1.29, 1.82) is 0 Å². The Hall–Kier alpha value is -3.23. The Morgan fingerprint density at radius 1 is 1.00 bits per heavy atom. The third-order valence-corrected chi connectivity index (χ3v) is 8.26. The zero-order valence-electron chi connectivity index (χ0n) is 22.0. The van der Waals surface area contributed by atoms with Gasteiger partial charge in [0, 0.05) is 13.1 Å². The molecule has 2 unspecified atom stereocenters. The number of amides is 3. The normalized spacial score (nSPS) is 28.4. The average Bonchev–Trinajstić information content (AvgIpc) is 3.57. The highest BCUT2D eigenvalue weighted by Gasteiger charge is 2.75. The fraction of sp³-hybridized carbons (Fsp3) is 0.500. The monoisotopic (exact) mass is 519 g/mol. The Morgan fingerprint density at radius 2 is 1.58 bits per heavy atom. The number of carbonyl (C=O) groups is 3. The molecule has 5 rings (SSSR count). The number of carbonyl (C=O) groups excluding carboxylic acids is 3. The molecule has 0 radical (unpaired) electrons. The molecule has 3 aliphatic heterocycles. The minimum absolute atomic E-state index is 0.202. The Bertz CT molecular complexity index is 1160. The molecule has 3 saturated heterocycles. The SMILES string of the molecule is CC(C)C[C@H](CO)N1C(=O)[C@@H]2[C@H](C(=O)NCc3ccccc3)[C@@H]3CCC2(O3)C1C(=O)NCc1ccccc1. The summed E-state index contributed by atoms with van der Waals surface area (Å²) in [5, 5.41) is 16.3. The van der Waals surface area contributed by atoms with Crippen molar-refractivity contribution in [2.24, 2.45) is 17.8 Å². The molecule has 2 aromatic carbocycles. The Kier molecular flexibility index (Phi) is 7.54. The lowest BCUT2D eigenvalue weighted by Crippen LogP contribution is -2.58. The average molecular weight is 520 g/mol. The van der Waals surface area contributed by atoms with E-state index in [0.717, 1.165) is 11.1 Å². The van der Waals surface area contributed by atoms with Crippen LogP contribution in [-0.4, -0.2) is 58.1 Å². The van der Waals surface area contributed by atoms with Gasteiger partial charge < -0.3 is 25.4 Å². The highest BCUT2D eigenvalue weighted by molar-refractivity contribution is 5.99. The molecule has 2 aromatic rings. The van der Waals surface area contributed by atoms with Gasteiger partial charge >= 0.3 is 0 Å². The lowest BCUT2D eigenvalue weighted by atomic mass is 9.70. The van der Waals surface area contributed by atoms with E-state index in [0.29, 0.717) is 32.4 Å². The lowest BCUT2D eigenvalue weighted by Gasteiger charge is -2.37. The summed E-state index contributed by atoms with van der Waals surface area (Å²) in [6.07, 6.45) is 1.26. The third kappa shape index (κ3) is 4.71. The van der Waals surface area contributed by atoms with E-state index in [9.17, 15) is 19.5 Å². The fourth-order valence-corrected chi connectivity index (χ4v) is 6.69. The molecule has 0 aliphatic carbocycles. The maximum atomic E-state index is 14.1. The molecule has 38 heavy (non-hydrogen) atoms. The zero-order valence-corrected chi connectivity index (χ0v) is 22.0. The molecule has 8 heteroatoms. The molecule has 3 fully saturated rings. The number of rotatable bonds is 10. The molecule has 8 nitrogen and oxygen atoms in total. The molecule has 2 bridgehead atoms. The van der Waals surface area contributed by atoms with Gasteiger partial charge in [-0.1, -0.05) is 74.5 Å². The highest BCUT2D eigenvalue weighted by Crippen LogP contribution is 2.58. The van der Waals surface area contributed by atoms with Gasteiger partial charge in [-0.2, -0.15) is 0 Å². The van der Waals surface area contributed by atoms with Crippen molar-refractivity contribution >= 4 is 17.7 Å². The van der Waals surface area contributed by atoms with Crippen LogP contribution in [0.4, 0.5) is 0 Å². The zero-order chi connectivity index (χ0) is 26.9. The first-order valence-electron chi connectivity index (χ1n) is 13.6. The number of aliphatic hydroxyl groups excluding tert-OH is 1. The summed E-state index contributed by atoms with van der Waals surface area (Å²) in [5.74, 6) is -2.04. The maximum absolute atomic E-state index is 14.1. The summed E-state index contributed by atoms with van der Waals surface area (Å²) in [5.41, 5.74) is 0.831. The smallest absolute Gasteiger partial charge is 0.246 e. The number of hydrogen-bond acceptors (Lipinski definition) is 5. The molecule has 3 N–H and O–H groups in total. The van der Waals surface area contributed by atoms with Crippen LogP contribution in [0.5, 0.6) is 0 Å². The molecule has 3 heterocycles. The summed E-state index contributed by atoms with van der Waals surface area (Å²) in [7, 11) is 0. The van der Waals surface area contributed by atoms with Crippen LogP contribution in [0.1, 0.15) is 44.2 Å².